The van der Waals surface area contributed by atoms with Crippen LogP contribution in [0, 0.1) is 0 Å². The maximum Gasteiger partial charge on any atom is 0.335 e. The first-order valence-corrected chi connectivity index (χ1v) is 15.4. The van der Waals surface area contributed by atoms with Crippen LogP contribution in [-0.4, -0.2) is 37.4 Å². The number of nitrogens with zero attached hydrogens (tertiary/aromatic N) is 4. The number of benzene rings is 4. The molecule has 2 heterocycles. The summed E-state index contributed by atoms with van der Waals surface area (Å²) in [5.41, 5.74) is 5.61. The maximum atomic E-state index is 13.5. The van der Waals surface area contributed by atoms with Gasteiger partial charge in [0.2, 0.25) is 23.6 Å². The van der Waals surface area contributed by atoms with Gasteiger partial charge >= 0.3 is 5.97 Å². The largest absolute Gasteiger partial charge is 0.478 e. The molecule has 0 saturated carbocycles. The van der Waals surface area contributed by atoms with Gasteiger partial charge in [0.1, 0.15) is 0 Å². The summed E-state index contributed by atoms with van der Waals surface area (Å²) in [5.74, 6) is -0.443. The van der Waals surface area contributed by atoms with E-state index in [-0.39, 0.29) is 33.7 Å². The molecule has 0 atom stereocenters. The number of hydrogen-bond acceptors (Lipinski definition) is 8. The van der Waals surface area contributed by atoms with E-state index in [4.69, 9.17) is 8.83 Å². The smallest absolute Gasteiger partial charge is 0.335 e. The number of carbonyl (C=O) groups is 2. The molecule has 2 aromatic heterocycles. The normalized spacial score (nSPS) is 11.8. The van der Waals surface area contributed by atoms with Crippen LogP contribution in [0.4, 0.5) is 5.69 Å². The van der Waals surface area contributed by atoms with Crippen molar-refractivity contribution in [1.29, 1.82) is 0 Å². The summed E-state index contributed by atoms with van der Waals surface area (Å²) in [6.07, 6.45) is 0. The van der Waals surface area contributed by atoms with Gasteiger partial charge in [-0.15, -0.1) is 20.4 Å². The van der Waals surface area contributed by atoms with Crippen molar-refractivity contribution in [3.05, 3.63) is 113 Å². The first kappa shape index (κ1) is 32.1. The Morgan fingerprint density at radius 2 is 0.938 bits per heavy atom. The fraction of sp³-hybridized carbons (Fsp3) is 0.211. The lowest BCUT2D eigenvalue weighted by Gasteiger charge is -2.18. The van der Waals surface area contributed by atoms with Crippen molar-refractivity contribution in [2.45, 2.75) is 52.4 Å². The molecule has 0 unspecified atom stereocenters. The highest BCUT2D eigenvalue weighted by Crippen LogP contribution is 2.33. The number of hydrogen-bond donors (Lipinski definition) is 2. The van der Waals surface area contributed by atoms with Gasteiger partial charge in [-0.05, 0) is 88.7 Å². The topological polar surface area (TPSA) is 144 Å². The van der Waals surface area contributed by atoms with Gasteiger partial charge in [0.25, 0.3) is 5.91 Å². The van der Waals surface area contributed by atoms with E-state index >= 15 is 0 Å². The molecule has 0 spiro atoms. The fourth-order valence-electron chi connectivity index (χ4n) is 5.04. The first-order chi connectivity index (χ1) is 22.7. The number of aromatic carboxylic acids is 1. The zero-order valence-corrected chi connectivity index (χ0v) is 27.5. The van der Waals surface area contributed by atoms with Crippen LogP contribution in [0.15, 0.2) is 99.8 Å². The van der Waals surface area contributed by atoms with Crippen LogP contribution in [0.1, 0.15) is 73.4 Å². The highest BCUT2D eigenvalue weighted by molar-refractivity contribution is 6.05. The van der Waals surface area contributed by atoms with Crippen LogP contribution in [0.5, 0.6) is 0 Å². The third-order valence-corrected chi connectivity index (χ3v) is 7.92. The number of carboxylic acids is 1. The Morgan fingerprint density at radius 3 is 1.31 bits per heavy atom. The summed E-state index contributed by atoms with van der Waals surface area (Å²) >= 11 is 0. The average molecular weight is 642 g/mol. The lowest BCUT2D eigenvalue weighted by Crippen LogP contribution is -2.12. The van der Waals surface area contributed by atoms with Gasteiger partial charge in [-0.25, -0.2) is 4.79 Å². The summed E-state index contributed by atoms with van der Waals surface area (Å²) in [4.78, 5) is 24.8. The molecule has 0 saturated heterocycles. The van der Waals surface area contributed by atoms with Gasteiger partial charge in [0.15, 0.2) is 0 Å². The molecule has 0 fully saturated rings. The number of amides is 1. The minimum atomic E-state index is -1.06. The summed E-state index contributed by atoms with van der Waals surface area (Å²) in [6.45, 7) is 12.9. The van der Waals surface area contributed by atoms with Crippen LogP contribution < -0.4 is 5.32 Å². The zero-order valence-electron chi connectivity index (χ0n) is 27.5. The molecule has 10 heteroatoms. The van der Waals surface area contributed by atoms with Gasteiger partial charge in [-0.2, -0.15) is 0 Å². The van der Waals surface area contributed by atoms with Crippen molar-refractivity contribution in [1.82, 2.24) is 20.4 Å². The number of aromatic nitrogens is 4. The first-order valence-electron chi connectivity index (χ1n) is 15.4. The number of rotatable bonds is 7. The van der Waals surface area contributed by atoms with E-state index in [0.717, 1.165) is 11.1 Å². The third-order valence-electron chi connectivity index (χ3n) is 7.92. The highest BCUT2D eigenvalue weighted by Gasteiger charge is 2.21. The Labute approximate surface area is 277 Å². The molecule has 48 heavy (non-hydrogen) atoms. The van der Waals surface area contributed by atoms with Crippen molar-refractivity contribution in [3.63, 3.8) is 0 Å². The molecule has 0 aliphatic rings. The molecule has 1 amide bonds. The van der Waals surface area contributed by atoms with Crippen molar-refractivity contribution in [2.24, 2.45) is 0 Å². The molecule has 4 aromatic carbocycles. The predicted molar refractivity (Wildman–Crippen MR) is 183 cm³/mol. The Hall–Kier alpha value is -5.90. The van der Waals surface area contributed by atoms with Gasteiger partial charge in [0.05, 0.1) is 5.56 Å². The second kappa shape index (κ2) is 12.4. The van der Waals surface area contributed by atoms with Crippen LogP contribution in [0.25, 0.3) is 45.8 Å². The highest BCUT2D eigenvalue weighted by atomic mass is 16.4. The molecule has 6 aromatic rings. The predicted octanol–water partition coefficient (Wildman–Crippen LogP) is 8.67. The summed E-state index contributed by atoms with van der Waals surface area (Å²) in [7, 11) is 0. The molecule has 0 aliphatic carbocycles. The van der Waals surface area contributed by atoms with Crippen molar-refractivity contribution in [2.75, 3.05) is 5.32 Å². The molecule has 0 bridgehead atoms. The molecular formula is C38H35N5O5. The van der Waals surface area contributed by atoms with Crippen LogP contribution in [0.3, 0.4) is 0 Å². The minimum Gasteiger partial charge on any atom is -0.478 e. The lowest BCUT2D eigenvalue weighted by molar-refractivity contribution is 0.0696. The number of nitrogens with one attached hydrogen (secondary N) is 1. The van der Waals surface area contributed by atoms with Gasteiger partial charge < -0.3 is 19.3 Å². The Bertz CT molecular complexity index is 1980. The van der Waals surface area contributed by atoms with E-state index in [1.165, 1.54) is 35.4 Å². The fourth-order valence-corrected chi connectivity index (χ4v) is 5.04. The van der Waals surface area contributed by atoms with Gasteiger partial charge in [0, 0.05) is 33.5 Å². The van der Waals surface area contributed by atoms with Crippen molar-refractivity contribution < 1.29 is 23.5 Å². The molecule has 0 radical (unpaired) electrons. The zero-order chi connectivity index (χ0) is 34.2. The molecule has 10 nitrogen and oxygen atoms in total. The second-order valence-corrected chi connectivity index (χ2v) is 13.6. The SMILES string of the molecule is CC(C)(C)c1ccc(-c2nnc(-c3cc(C(=O)Nc4ccc(C(=O)O)cc4)cc(-c4nnc(-c5ccc(C(C)(C)C)cc5)o4)c3)o2)cc1. The quantitative estimate of drug-likeness (QED) is 0.175. The molecular weight excluding hydrogens is 606 g/mol. The van der Waals surface area contributed by atoms with Crippen molar-refractivity contribution >= 4 is 17.6 Å². The molecule has 6 rings (SSSR count). The average Bonchev–Trinajstić information content (AvgIpc) is 3.76. The minimum absolute atomic E-state index is 0.00126. The number of carboxylic acid groups (broad SMARTS) is 1. The van der Waals surface area contributed by atoms with E-state index in [1.807, 2.05) is 48.5 Å². The lowest BCUT2D eigenvalue weighted by atomic mass is 9.87. The van der Waals surface area contributed by atoms with E-state index < -0.39 is 11.9 Å². The molecule has 2 N–H and O–H groups in total. The monoisotopic (exact) mass is 641 g/mol. The number of anilines is 1. The second-order valence-electron chi connectivity index (χ2n) is 13.6. The standard InChI is InChI=1S/C38H35N5O5/c1-37(2,3)28-13-7-22(8-14-28)32-40-42-34(47-32)26-19-25(31(44)39-30-17-11-24(12-18-30)36(45)46)20-27(21-26)35-43-41-33(48-35)23-9-15-29(16-10-23)38(4,5)6/h7-21H,1-6H3,(H,39,44)(H,45,46). The number of carbonyl (C=O) groups excluding carboxylic acids is 1. The van der Waals surface area contributed by atoms with E-state index in [2.05, 4.69) is 67.3 Å². The Morgan fingerprint density at radius 1 is 0.542 bits per heavy atom. The van der Waals surface area contributed by atoms with E-state index in [9.17, 15) is 14.7 Å². The summed E-state index contributed by atoms with van der Waals surface area (Å²) in [5, 5.41) is 29.2. The van der Waals surface area contributed by atoms with Crippen LogP contribution >= 0.6 is 0 Å². The Balaban J connectivity index is 1.35. The Kier molecular flexibility index (Phi) is 8.26. The summed E-state index contributed by atoms with van der Waals surface area (Å²) < 4.78 is 12.2. The van der Waals surface area contributed by atoms with E-state index in [1.54, 1.807) is 18.2 Å². The maximum absolute atomic E-state index is 13.5. The van der Waals surface area contributed by atoms with Gasteiger partial charge in [-0.1, -0.05) is 65.8 Å². The van der Waals surface area contributed by atoms with E-state index in [0.29, 0.717) is 28.6 Å². The van der Waals surface area contributed by atoms with Crippen molar-refractivity contribution in [3.8, 4) is 45.8 Å². The third kappa shape index (κ3) is 6.92. The van der Waals surface area contributed by atoms with Crippen LogP contribution in [0.2, 0.25) is 0 Å². The molecule has 242 valence electrons. The molecule has 0 aliphatic heterocycles. The van der Waals surface area contributed by atoms with Crippen LogP contribution in [-0.2, 0) is 10.8 Å². The van der Waals surface area contributed by atoms with Gasteiger partial charge in [-0.3, -0.25) is 4.79 Å². The summed E-state index contributed by atoms with van der Waals surface area (Å²) in [6, 6.07) is 26.8.